The van der Waals surface area contributed by atoms with E-state index in [2.05, 4.69) is 27.8 Å². The highest BCUT2D eigenvalue weighted by atomic mass is 79.9. The standard InChI is InChI=1S/C11H14BrNO2/c1-8(12)6-13-7-9-3-4-11(15-2)10(14)5-9/h3-5,13-14H,1,6-7H2,2H3. The lowest BCUT2D eigenvalue weighted by molar-refractivity contribution is 0.373. The van der Waals surface area contributed by atoms with Gasteiger partial charge in [0.05, 0.1) is 7.11 Å². The fourth-order valence-corrected chi connectivity index (χ4v) is 1.39. The van der Waals surface area contributed by atoms with Crippen LogP contribution in [-0.2, 0) is 6.54 Å². The lowest BCUT2D eigenvalue weighted by Gasteiger charge is -2.07. The summed E-state index contributed by atoms with van der Waals surface area (Å²) in [6, 6.07) is 5.33. The quantitative estimate of drug-likeness (QED) is 0.864. The summed E-state index contributed by atoms with van der Waals surface area (Å²) in [6.07, 6.45) is 0. The summed E-state index contributed by atoms with van der Waals surface area (Å²) >= 11 is 3.26. The predicted octanol–water partition coefficient (Wildman–Crippen LogP) is 2.40. The zero-order valence-electron chi connectivity index (χ0n) is 8.59. The summed E-state index contributed by atoms with van der Waals surface area (Å²) in [4.78, 5) is 0. The van der Waals surface area contributed by atoms with Gasteiger partial charge in [-0.25, -0.2) is 0 Å². The average molecular weight is 272 g/mol. The lowest BCUT2D eigenvalue weighted by atomic mass is 10.2. The number of halogens is 1. The number of ether oxygens (including phenoxy) is 1. The third-order valence-electron chi connectivity index (χ3n) is 1.89. The van der Waals surface area contributed by atoms with E-state index < -0.39 is 0 Å². The molecule has 0 amide bonds. The zero-order valence-corrected chi connectivity index (χ0v) is 10.2. The van der Waals surface area contributed by atoms with Gasteiger partial charge in [0.2, 0.25) is 0 Å². The van der Waals surface area contributed by atoms with E-state index in [-0.39, 0.29) is 5.75 Å². The van der Waals surface area contributed by atoms with Gasteiger partial charge in [-0.3, -0.25) is 0 Å². The van der Waals surface area contributed by atoms with E-state index in [0.717, 1.165) is 10.0 Å². The summed E-state index contributed by atoms with van der Waals surface area (Å²) in [5, 5.41) is 12.7. The first-order chi connectivity index (χ1) is 7.13. The molecule has 0 fully saturated rings. The van der Waals surface area contributed by atoms with Crippen molar-refractivity contribution in [1.29, 1.82) is 0 Å². The van der Waals surface area contributed by atoms with Gasteiger partial charge < -0.3 is 15.2 Å². The Hall–Kier alpha value is -1.00. The van der Waals surface area contributed by atoms with Crippen molar-refractivity contribution < 1.29 is 9.84 Å². The van der Waals surface area contributed by atoms with Crippen molar-refractivity contribution in [2.24, 2.45) is 0 Å². The lowest BCUT2D eigenvalue weighted by Crippen LogP contribution is -2.14. The van der Waals surface area contributed by atoms with Crippen LogP contribution in [0.4, 0.5) is 0 Å². The molecule has 0 aromatic heterocycles. The molecule has 0 spiro atoms. The van der Waals surface area contributed by atoms with E-state index in [9.17, 15) is 5.11 Å². The first-order valence-electron chi connectivity index (χ1n) is 4.53. The monoisotopic (exact) mass is 271 g/mol. The number of hydrogen-bond donors (Lipinski definition) is 2. The van der Waals surface area contributed by atoms with E-state index >= 15 is 0 Å². The van der Waals surface area contributed by atoms with E-state index in [1.165, 1.54) is 7.11 Å². The Bertz CT molecular complexity index is 352. The van der Waals surface area contributed by atoms with Crippen molar-refractivity contribution in [3.8, 4) is 11.5 Å². The first-order valence-corrected chi connectivity index (χ1v) is 5.32. The van der Waals surface area contributed by atoms with Crippen molar-refractivity contribution in [2.75, 3.05) is 13.7 Å². The van der Waals surface area contributed by atoms with Crippen LogP contribution in [0, 0.1) is 0 Å². The highest BCUT2D eigenvalue weighted by molar-refractivity contribution is 9.11. The van der Waals surface area contributed by atoms with Gasteiger partial charge in [0, 0.05) is 17.6 Å². The predicted molar refractivity (Wildman–Crippen MR) is 64.4 cm³/mol. The van der Waals surface area contributed by atoms with Crippen LogP contribution in [0.15, 0.2) is 29.3 Å². The van der Waals surface area contributed by atoms with Crippen LogP contribution >= 0.6 is 15.9 Å². The van der Waals surface area contributed by atoms with Crippen molar-refractivity contribution in [3.63, 3.8) is 0 Å². The minimum Gasteiger partial charge on any atom is -0.504 e. The topological polar surface area (TPSA) is 41.5 Å². The second-order valence-electron chi connectivity index (χ2n) is 3.13. The molecule has 4 heteroatoms. The fourth-order valence-electron chi connectivity index (χ4n) is 1.19. The number of benzene rings is 1. The van der Waals surface area contributed by atoms with Crippen LogP contribution in [0.5, 0.6) is 11.5 Å². The molecule has 0 aliphatic rings. The summed E-state index contributed by atoms with van der Waals surface area (Å²) in [5.74, 6) is 0.651. The number of phenolic OH excluding ortho intramolecular Hbond substituents is 1. The largest absolute Gasteiger partial charge is 0.504 e. The summed E-state index contributed by atoms with van der Waals surface area (Å²) < 4.78 is 5.85. The molecular weight excluding hydrogens is 258 g/mol. The molecule has 2 N–H and O–H groups in total. The van der Waals surface area contributed by atoms with Gasteiger partial charge in [0.1, 0.15) is 0 Å². The van der Waals surface area contributed by atoms with Crippen LogP contribution in [0.2, 0.25) is 0 Å². The van der Waals surface area contributed by atoms with Gasteiger partial charge in [-0.05, 0) is 17.7 Å². The minimum absolute atomic E-state index is 0.162. The molecule has 1 rings (SSSR count). The van der Waals surface area contributed by atoms with Crippen molar-refractivity contribution in [3.05, 3.63) is 34.8 Å². The third kappa shape index (κ3) is 3.93. The van der Waals surface area contributed by atoms with Crippen molar-refractivity contribution >= 4 is 15.9 Å². The SMILES string of the molecule is C=C(Br)CNCc1ccc(OC)c(O)c1. The van der Waals surface area contributed by atoms with Crippen molar-refractivity contribution in [2.45, 2.75) is 6.54 Å². The molecule has 0 aliphatic heterocycles. The molecule has 0 bridgehead atoms. The molecule has 0 aliphatic carbocycles. The highest BCUT2D eigenvalue weighted by Gasteiger charge is 2.01. The van der Waals surface area contributed by atoms with Crippen LogP contribution in [0.1, 0.15) is 5.56 Å². The molecule has 15 heavy (non-hydrogen) atoms. The zero-order chi connectivity index (χ0) is 11.3. The highest BCUT2D eigenvalue weighted by Crippen LogP contribution is 2.25. The van der Waals surface area contributed by atoms with Gasteiger partial charge in [0.25, 0.3) is 0 Å². The molecule has 0 saturated carbocycles. The Morgan fingerprint density at radius 3 is 2.87 bits per heavy atom. The molecule has 0 heterocycles. The van der Waals surface area contributed by atoms with E-state index in [1.807, 2.05) is 6.07 Å². The Morgan fingerprint density at radius 2 is 2.33 bits per heavy atom. The molecule has 0 atom stereocenters. The molecule has 1 aromatic rings. The summed E-state index contributed by atoms with van der Waals surface area (Å²) in [5.41, 5.74) is 1.00. The van der Waals surface area contributed by atoms with Gasteiger partial charge in [-0.1, -0.05) is 28.6 Å². The third-order valence-corrected chi connectivity index (χ3v) is 2.17. The normalized spacial score (nSPS) is 10.0. The smallest absolute Gasteiger partial charge is 0.160 e. The molecule has 0 saturated heterocycles. The number of phenols is 1. The second-order valence-corrected chi connectivity index (χ2v) is 4.25. The maximum Gasteiger partial charge on any atom is 0.160 e. The molecule has 1 aromatic carbocycles. The molecular formula is C11H14BrNO2. The Balaban J connectivity index is 2.55. The Kier molecular flexibility index (Phi) is 4.65. The minimum atomic E-state index is 0.162. The number of aromatic hydroxyl groups is 1. The van der Waals surface area contributed by atoms with Gasteiger partial charge >= 0.3 is 0 Å². The number of rotatable bonds is 5. The van der Waals surface area contributed by atoms with Crippen molar-refractivity contribution in [1.82, 2.24) is 5.32 Å². The van der Waals surface area contributed by atoms with Crippen LogP contribution in [0.3, 0.4) is 0 Å². The second kappa shape index (κ2) is 5.78. The van der Waals surface area contributed by atoms with E-state index in [1.54, 1.807) is 12.1 Å². The average Bonchev–Trinajstić information content (AvgIpc) is 2.17. The summed E-state index contributed by atoms with van der Waals surface area (Å²) in [6.45, 7) is 5.10. The molecule has 0 unspecified atom stereocenters. The van der Waals surface area contributed by atoms with E-state index in [4.69, 9.17) is 4.74 Å². The molecule has 82 valence electrons. The molecule has 3 nitrogen and oxygen atoms in total. The van der Waals surface area contributed by atoms with Crippen LogP contribution in [0.25, 0.3) is 0 Å². The van der Waals surface area contributed by atoms with E-state index in [0.29, 0.717) is 18.8 Å². The fraction of sp³-hybridized carbons (Fsp3) is 0.273. The number of nitrogens with one attached hydrogen (secondary N) is 1. The first kappa shape index (κ1) is 12.1. The van der Waals surface area contributed by atoms with Gasteiger partial charge in [-0.15, -0.1) is 0 Å². The Labute approximate surface area is 97.9 Å². The van der Waals surface area contributed by atoms with Gasteiger partial charge in [0.15, 0.2) is 11.5 Å². The summed E-state index contributed by atoms with van der Waals surface area (Å²) in [7, 11) is 1.53. The number of methoxy groups -OCH3 is 1. The molecule has 0 radical (unpaired) electrons. The maximum absolute atomic E-state index is 9.52. The van der Waals surface area contributed by atoms with Crippen LogP contribution < -0.4 is 10.1 Å². The maximum atomic E-state index is 9.52. The number of hydrogen-bond acceptors (Lipinski definition) is 3. The Morgan fingerprint density at radius 1 is 1.60 bits per heavy atom. The van der Waals surface area contributed by atoms with Crippen LogP contribution in [-0.4, -0.2) is 18.8 Å². The van der Waals surface area contributed by atoms with Gasteiger partial charge in [-0.2, -0.15) is 0 Å².